The maximum atomic E-state index is 12.6. The highest BCUT2D eigenvalue weighted by Gasteiger charge is 2.20. The summed E-state index contributed by atoms with van der Waals surface area (Å²) >= 11 is 0. The van der Waals surface area contributed by atoms with E-state index in [1.54, 1.807) is 18.9 Å². The van der Waals surface area contributed by atoms with Gasteiger partial charge in [0.05, 0.1) is 25.8 Å². The first-order valence-electron chi connectivity index (χ1n) is 10.2. The van der Waals surface area contributed by atoms with Crippen LogP contribution < -0.4 is 15.5 Å². The molecule has 2 aromatic rings. The maximum absolute atomic E-state index is 12.6. The Morgan fingerprint density at radius 1 is 1.00 bits per heavy atom. The summed E-state index contributed by atoms with van der Waals surface area (Å²) in [5.74, 6) is -0.310. The van der Waals surface area contributed by atoms with E-state index in [-0.39, 0.29) is 18.4 Å². The van der Waals surface area contributed by atoms with E-state index in [1.165, 1.54) is 0 Å². The molecule has 0 spiro atoms. The number of rotatable bonds is 7. The van der Waals surface area contributed by atoms with Crippen LogP contribution in [0.5, 0.6) is 0 Å². The number of ether oxygens (including phenoxy) is 1. The lowest BCUT2D eigenvalue weighted by atomic mass is 10.2. The number of likely N-dealkylation sites (N-methyl/N-ethyl adjacent to an activating group) is 1. The van der Waals surface area contributed by atoms with Gasteiger partial charge in [-0.15, -0.1) is 0 Å². The van der Waals surface area contributed by atoms with Gasteiger partial charge in [0, 0.05) is 30.2 Å². The van der Waals surface area contributed by atoms with Gasteiger partial charge in [-0.05, 0) is 57.3 Å². The highest BCUT2D eigenvalue weighted by Crippen LogP contribution is 2.19. The molecule has 0 aromatic heterocycles. The predicted octanol–water partition coefficient (Wildman–Crippen LogP) is 2.73. The lowest BCUT2D eigenvalue weighted by Gasteiger charge is -2.29. The Labute approximate surface area is 178 Å². The smallest absolute Gasteiger partial charge is 0.241 e. The molecular formula is C23H30N4O3. The maximum Gasteiger partial charge on any atom is 0.241 e. The van der Waals surface area contributed by atoms with Crippen molar-refractivity contribution >= 4 is 28.9 Å². The summed E-state index contributed by atoms with van der Waals surface area (Å²) < 4.78 is 5.38. The van der Waals surface area contributed by atoms with Gasteiger partial charge in [-0.3, -0.25) is 14.5 Å². The van der Waals surface area contributed by atoms with Crippen molar-refractivity contribution in [2.24, 2.45) is 0 Å². The summed E-state index contributed by atoms with van der Waals surface area (Å²) in [4.78, 5) is 28.9. The topological polar surface area (TPSA) is 73.9 Å². The van der Waals surface area contributed by atoms with E-state index in [4.69, 9.17) is 4.74 Å². The van der Waals surface area contributed by atoms with Crippen LogP contribution in [0.25, 0.3) is 0 Å². The zero-order valence-electron chi connectivity index (χ0n) is 17.9. The molecule has 1 saturated heterocycles. The molecule has 1 heterocycles. The molecule has 7 heteroatoms. The van der Waals surface area contributed by atoms with Crippen LogP contribution in [0.15, 0.2) is 48.5 Å². The van der Waals surface area contributed by atoms with Gasteiger partial charge in [0.1, 0.15) is 0 Å². The van der Waals surface area contributed by atoms with Crippen molar-refractivity contribution in [1.29, 1.82) is 0 Å². The summed E-state index contributed by atoms with van der Waals surface area (Å²) in [6.07, 6.45) is 0. The second kappa shape index (κ2) is 10.2. The highest BCUT2D eigenvalue weighted by atomic mass is 16.5. The third kappa shape index (κ3) is 6.05. The first-order chi connectivity index (χ1) is 14.4. The van der Waals surface area contributed by atoms with Gasteiger partial charge in [-0.2, -0.15) is 0 Å². The van der Waals surface area contributed by atoms with Gasteiger partial charge in [0.2, 0.25) is 11.8 Å². The number of hydrogen-bond donors (Lipinski definition) is 2. The zero-order chi connectivity index (χ0) is 21.5. The Balaban J connectivity index is 1.49. The molecule has 160 valence electrons. The van der Waals surface area contributed by atoms with Crippen molar-refractivity contribution in [2.45, 2.75) is 19.9 Å². The number of anilines is 3. The Hall–Kier alpha value is -2.90. The molecule has 1 aliphatic heterocycles. The number of carbonyl (C=O) groups is 2. The molecule has 2 N–H and O–H groups in total. The van der Waals surface area contributed by atoms with Crippen molar-refractivity contribution in [3.63, 3.8) is 0 Å². The normalized spacial score (nSPS) is 15.0. The van der Waals surface area contributed by atoms with Crippen LogP contribution in [-0.2, 0) is 14.3 Å². The summed E-state index contributed by atoms with van der Waals surface area (Å²) in [5, 5.41) is 5.78. The SMILES string of the molecule is Cc1ccc(NC(=O)CN(C)[C@H](C)C(=O)Nc2ccc(N3CCOCC3)cc2)cc1. The molecule has 0 saturated carbocycles. The summed E-state index contributed by atoms with van der Waals surface area (Å²) in [6, 6.07) is 15.0. The fourth-order valence-corrected chi connectivity index (χ4v) is 3.22. The van der Waals surface area contributed by atoms with E-state index in [1.807, 2.05) is 55.5 Å². The molecular weight excluding hydrogens is 380 g/mol. The van der Waals surface area contributed by atoms with Gasteiger partial charge in [-0.1, -0.05) is 17.7 Å². The van der Waals surface area contributed by atoms with Crippen LogP contribution in [0.1, 0.15) is 12.5 Å². The molecule has 0 aliphatic carbocycles. The molecule has 1 atom stereocenters. The van der Waals surface area contributed by atoms with E-state index < -0.39 is 6.04 Å². The molecule has 2 amide bonds. The van der Waals surface area contributed by atoms with Crippen LogP contribution in [0.2, 0.25) is 0 Å². The number of carbonyl (C=O) groups excluding carboxylic acids is 2. The van der Waals surface area contributed by atoms with Crippen LogP contribution in [0.3, 0.4) is 0 Å². The summed E-state index contributed by atoms with van der Waals surface area (Å²) in [5.41, 5.74) is 3.74. The molecule has 0 radical (unpaired) electrons. The fourth-order valence-electron chi connectivity index (χ4n) is 3.22. The van der Waals surface area contributed by atoms with Crippen molar-refractivity contribution < 1.29 is 14.3 Å². The van der Waals surface area contributed by atoms with E-state index in [0.717, 1.165) is 48.9 Å². The molecule has 0 bridgehead atoms. The van der Waals surface area contributed by atoms with Crippen molar-refractivity contribution in [1.82, 2.24) is 4.90 Å². The number of morpholine rings is 1. The lowest BCUT2D eigenvalue weighted by Crippen LogP contribution is -2.43. The Morgan fingerprint density at radius 3 is 2.20 bits per heavy atom. The molecule has 1 aliphatic rings. The summed E-state index contributed by atoms with van der Waals surface area (Å²) in [6.45, 7) is 7.13. The summed E-state index contributed by atoms with van der Waals surface area (Å²) in [7, 11) is 1.76. The molecule has 1 fully saturated rings. The van der Waals surface area contributed by atoms with Crippen LogP contribution in [0.4, 0.5) is 17.1 Å². The van der Waals surface area contributed by atoms with E-state index in [0.29, 0.717) is 0 Å². The quantitative estimate of drug-likeness (QED) is 0.734. The third-order valence-corrected chi connectivity index (χ3v) is 5.28. The van der Waals surface area contributed by atoms with Gasteiger partial charge >= 0.3 is 0 Å². The van der Waals surface area contributed by atoms with Gasteiger partial charge in [-0.25, -0.2) is 0 Å². The largest absolute Gasteiger partial charge is 0.378 e. The number of aryl methyl sites for hydroxylation is 1. The predicted molar refractivity (Wildman–Crippen MR) is 120 cm³/mol. The molecule has 2 aromatic carbocycles. The van der Waals surface area contributed by atoms with Crippen LogP contribution >= 0.6 is 0 Å². The minimum atomic E-state index is -0.451. The van der Waals surface area contributed by atoms with Crippen LogP contribution in [-0.4, -0.2) is 62.7 Å². The van der Waals surface area contributed by atoms with E-state index in [2.05, 4.69) is 15.5 Å². The highest BCUT2D eigenvalue weighted by molar-refractivity contribution is 5.96. The number of benzene rings is 2. The minimum Gasteiger partial charge on any atom is -0.378 e. The third-order valence-electron chi connectivity index (χ3n) is 5.28. The Bertz CT molecular complexity index is 846. The zero-order valence-corrected chi connectivity index (χ0v) is 17.9. The van der Waals surface area contributed by atoms with Crippen molar-refractivity contribution in [3.05, 3.63) is 54.1 Å². The molecule has 7 nitrogen and oxygen atoms in total. The van der Waals surface area contributed by atoms with Crippen molar-refractivity contribution in [2.75, 3.05) is 55.4 Å². The second-order valence-electron chi connectivity index (χ2n) is 7.64. The molecule has 30 heavy (non-hydrogen) atoms. The standard InChI is InChI=1S/C23H30N4O3/c1-17-4-6-19(7-5-17)24-22(28)16-26(3)18(2)23(29)25-20-8-10-21(11-9-20)27-12-14-30-15-13-27/h4-11,18H,12-16H2,1-3H3,(H,24,28)(H,25,29)/t18-/m1/s1. The fraction of sp³-hybridized carbons (Fsp3) is 0.391. The monoisotopic (exact) mass is 410 g/mol. The second-order valence-corrected chi connectivity index (χ2v) is 7.64. The Morgan fingerprint density at radius 2 is 1.57 bits per heavy atom. The number of amides is 2. The number of hydrogen-bond acceptors (Lipinski definition) is 5. The average molecular weight is 411 g/mol. The number of nitrogens with zero attached hydrogens (tertiary/aromatic N) is 2. The molecule has 0 unspecified atom stereocenters. The van der Waals surface area contributed by atoms with Gasteiger partial charge in [0.25, 0.3) is 0 Å². The first-order valence-corrected chi connectivity index (χ1v) is 10.2. The molecule has 3 rings (SSSR count). The first kappa shape index (κ1) is 21.8. The minimum absolute atomic E-state index is 0.123. The van der Waals surface area contributed by atoms with Gasteiger partial charge in [0.15, 0.2) is 0 Å². The number of nitrogens with one attached hydrogen (secondary N) is 2. The average Bonchev–Trinajstić information content (AvgIpc) is 2.76. The van der Waals surface area contributed by atoms with E-state index >= 15 is 0 Å². The lowest BCUT2D eigenvalue weighted by molar-refractivity contribution is -0.122. The van der Waals surface area contributed by atoms with Gasteiger partial charge < -0.3 is 20.3 Å². The van der Waals surface area contributed by atoms with E-state index in [9.17, 15) is 9.59 Å². The van der Waals surface area contributed by atoms with Crippen molar-refractivity contribution in [3.8, 4) is 0 Å². The van der Waals surface area contributed by atoms with Crippen LogP contribution in [0, 0.1) is 6.92 Å². The Kier molecular flexibility index (Phi) is 7.43.